The van der Waals surface area contributed by atoms with Crippen LogP contribution in [0.3, 0.4) is 0 Å². The lowest BCUT2D eigenvalue weighted by Crippen LogP contribution is -2.34. The molecule has 0 aromatic heterocycles. The largest absolute Gasteiger partial charge is 0.497 e. The molecule has 7 nitrogen and oxygen atoms in total. The Balaban J connectivity index is 2.02. The zero-order chi connectivity index (χ0) is 21.0. The molecule has 3 rings (SSSR count). The molecule has 1 heterocycles. The van der Waals surface area contributed by atoms with Crippen LogP contribution >= 0.6 is 0 Å². The van der Waals surface area contributed by atoms with E-state index in [0.29, 0.717) is 17.1 Å². The van der Waals surface area contributed by atoms with Crippen molar-refractivity contribution in [3.05, 3.63) is 65.4 Å². The Labute approximate surface area is 169 Å². The molecule has 0 bridgehead atoms. The van der Waals surface area contributed by atoms with E-state index in [-0.39, 0.29) is 31.0 Å². The minimum Gasteiger partial charge on any atom is -0.497 e. The molecule has 0 spiro atoms. The highest BCUT2D eigenvalue weighted by atomic mass is 16.5. The van der Waals surface area contributed by atoms with E-state index >= 15 is 0 Å². The molecule has 2 aromatic rings. The van der Waals surface area contributed by atoms with Crippen molar-refractivity contribution in [2.75, 3.05) is 34.4 Å². The fraction of sp³-hybridized carbons (Fsp3) is 0.273. The number of benzene rings is 2. The van der Waals surface area contributed by atoms with Crippen LogP contribution in [0.4, 0.5) is 0 Å². The minimum absolute atomic E-state index is 0.136. The van der Waals surface area contributed by atoms with Gasteiger partial charge in [0.25, 0.3) is 11.8 Å². The van der Waals surface area contributed by atoms with Crippen LogP contribution in [0.5, 0.6) is 11.5 Å². The molecule has 1 aliphatic heterocycles. The first-order valence-electron chi connectivity index (χ1n) is 9.20. The lowest BCUT2D eigenvalue weighted by atomic mass is 10.0. The Bertz CT molecular complexity index is 936. The average Bonchev–Trinajstić information content (AvgIpc) is 2.99. The monoisotopic (exact) mass is 396 g/mol. The van der Waals surface area contributed by atoms with E-state index in [1.807, 2.05) is 12.1 Å². The second-order valence-corrected chi connectivity index (χ2v) is 6.61. The number of ether oxygens (including phenoxy) is 2. The molecule has 1 N–H and O–H groups in total. The predicted molar refractivity (Wildman–Crippen MR) is 108 cm³/mol. The molecule has 0 fully saturated rings. The van der Waals surface area contributed by atoms with Gasteiger partial charge in [0.05, 0.1) is 32.9 Å². The Morgan fingerprint density at radius 3 is 2.28 bits per heavy atom. The van der Waals surface area contributed by atoms with E-state index in [9.17, 15) is 14.7 Å². The van der Waals surface area contributed by atoms with Crippen molar-refractivity contribution in [1.29, 1.82) is 0 Å². The summed E-state index contributed by atoms with van der Waals surface area (Å²) in [5, 5.41) is 9.35. The SMILES string of the molecule is COc1ccc(CN2C(=O)C(c3ccccc3OC)=C(N(C)CCO)C2=O)cc1. The first-order chi connectivity index (χ1) is 14.0. The normalized spacial score (nSPS) is 13.9. The summed E-state index contributed by atoms with van der Waals surface area (Å²) >= 11 is 0. The molecule has 0 saturated carbocycles. The smallest absolute Gasteiger partial charge is 0.278 e. The highest BCUT2D eigenvalue weighted by molar-refractivity contribution is 6.35. The Morgan fingerprint density at radius 2 is 1.66 bits per heavy atom. The van der Waals surface area contributed by atoms with Crippen molar-refractivity contribution >= 4 is 17.4 Å². The van der Waals surface area contributed by atoms with Gasteiger partial charge in [-0.15, -0.1) is 0 Å². The first kappa shape index (κ1) is 20.4. The van der Waals surface area contributed by atoms with Gasteiger partial charge in [-0.1, -0.05) is 30.3 Å². The van der Waals surface area contributed by atoms with Crippen LogP contribution in [0.25, 0.3) is 5.57 Å². The quantitative estimate of drug-likeness (QED) is 0.687. The van der Waals surface area contributed by atoms with Gasteiger partial charge < -0.3 is 19.5 Å². The summed E-state index contributed by atoms with van der Waals surface area (Å²) in [7, 11) is 4.78. The number of methoxy groups -OCH3 is 2. The summed E-state index contributed by atoms with van der Waals surface area (Å²) in [6.07, 6.45) is 0. The summed E-state index contributed by atoms with van der Waals surface area (Å²) in [5.74, 6) is 0.409. The van der Waals surface area contributed by atoms with E-state index in [1.54, 1.807) is 55.5 Å². The van der Waals surface area contributed by atoms with Crippen LogP contribution in [0.2, 0.25) is 0 Å². The van der Waals surface area contributed by atoms with Crippen LogP contribution in [0, 0.1) is 0 Å². The number of aliphatic hydroxyl groups is 1. The van der Waals surface area contributed by atoms with Crippen molar-refractivity contribution in [2.24, 2.45) is 0 Å². The van der Waals surface area contributed by atoms with Crippen LogP contribution in [-0.4, -0.2) is 61.1 Å². The first-order valence-corrected chi connectivity index (χ1v) is 9.20. The lowest BCUT2D eigenvalue weighted by Gasteiger charge is -2.20. The Morgan fingerprint density at radius 1 is 0.966 bits per heavy atom. The molecule has 0 atom stereocenters. The van der Waals surface area contributed by atoms with Gasteiger partial charge >= 0.3 is 0 Å². The van der Waals surface area contributed by atoms with Gasteiger partial charge in [-0.2, -0.15) is 0 Å². The maximum atomic E-state index is 13.3. The third-order valence-corrected chi connectivity index (χ3v) is 4.84. The van der Waals surface area contributed by atoms with E-state index < -0.39 is 11.8 Å². The summed E-state index contributed by atoms with van der Waals surface area (Å²) in [6, 6.07) is 14.3. The van der Waals surface area contributed by atoms with Crippen molar-refractivity contribution in [1.82, 2.24) is 9.80 Å². The standard InChI is InChI=1S/C22H24N2O5/c1-23(12-13-25)20-19(17-6-4-5-7-18(17)29-3)21(26)24(22(20)27)14-15-8-10-16(28-2)11-9-15/h4-11,25H,12-14H2,1-3H3. The van der Waals surface area contributed by atoms with E-state index in [0.717, 1.165) is 5.56 Å². The maximum absolute atomic E-state index is 13.3. The maximum Gasteiger partial charge on any atom is 0.278 e. The lowest BCUT2D eigenvalue weighted by molar-refractivity contribution is -0.138. The number of nitrogens with zero attached hydrogens (tertiary/aromatic N) is 2. The molecule has 7 heteroatoms. The summed E-state index contributed by atoms with van der Waals surface area (Å²) < 4.78 is 10.6. The minimum atomic E-state index is -0.400. The van der Waals surface area contributed by atoms with Crippen LogP contribution in [-0.2, 0) is 16.1 Å². The van der Waals surface area contributed by atoms with Crippen LogP contribution in [0.15, 0.2) is 54.2 Å². The van der Waals surface area contributed by atoms with Crippen molar-refractivity contribution in [3.63, 3.8) is 0 Å². The Hall–Kier alpha value is -3.32. The molecule has 29 heavy (non-hydrogen) atoms. The van der Waals surface area contributed by atoms with Gasteiger partial charge in [-0.25, -0.2) is 0 Å². The molecule has 0 unspecified atom stereocenters. The van der Waals surface area contributed by atoms with Gasteiger partial charge in [0.1, 0.15) is 17.2 Å². The molecule has 0 radical (unpaired) electrons. The third-order valence-electron chi connectivity index (χ3n) is 4.84. The number of hydrogen-bond donors (Lipinski definition) is 1. The summed E-state index contributed by atoms with van der Waals surface area (Å²) in [6.45, 7) is 0.222. The van der Waals surface area contributed by atoms with Crippen molar-refractivity contribution in [3.8, 4) is 11.5 Å². The number of para-hydroxylation sites is 1. The van der Waals surface area contributed by atoms with Gasteiger partial charge in [-0.3, -0.25) is 14.5 Å². The average molecular weight is 396 g/mol. The fourth-order valence-corrected chi connectivity index (χ4v) is 3.33. The zero-order valence-electron chi connectivity index (χ0n) is 16.7. The van der Waals surface area contributed by atoms with Gasteiger partial charge in [0, 0.05) is 19.2 Å². The summed E-state index contributed by atoms with van der Waals surface area (Å²) in [5.41, 5.74) is 1.88. The van der Waals surface area contributed by atoms with E-state index in [2.05, 4.69) is 0 Å². The van der Waals surface area contributed by atoms with Gasteiger partial charge in [0.15, 0.2) is 0 Å². The topological polar surface area (TPSA) is 79.3 Å². The molecular weight excluding hydrogens is 372 g/mol. The number of amides is 2. The van der Waals surface area contributed by atoms with Gasteiger partial charge in [-0.05, 0) is 23.8 Å². The zero-order valence-corrected chi connectivity index (χ0v) is 16.7. The number of carbonyl (C=O) groups excluding carboxylic acids is 2. The molecule has 152 valence electrons. The summed E-state index contributed by atoms with van der Waals surface area (Å²) in [4.78, 5) is 29.3. The van der Waals surface area contributed by atoms with Crippen LogP contribution < -0.4 is 9.47 Å². The van der Waals surface area contributed by atoms with E-state index in [4.69, 9.17) is 9.47 Å². The molecule has 2 amide bonds. The van der Waals surface area contributed by atoms with E-state index in [1.165, 1.54) is 12.0 Å². The predicted octanol–water partition coefficient (Wildman–Crippen LogP) is 1.91. The van der Waals surface area contributed by atoms with Gasteiger partial charge in [0.2, 0.25) is 0 Å². The fourth-order valence-electron chi connectivity index (χ4n) is 3.33. The number of imide groups is 1. The molecule has 0 aliphatic carbocycles. The second kappa shape index (κ2) is 8.79. The number of likely N-dealkylation sites (N-methyl/N-ethyl adjacent to an activating group) is 1. The highest BCUT2D eigenvalue weighted by Crippen LogP contribution is 2.36. The number of carbonyl (C=O) groups is 2. The second-order valence-electron chi connectivity index (χ2n) is 6.61. The van der Waals surface area contributed by atoms with Crippen LogP contribution in [0.1, 0.15) is 11.1 Å². The molecule has 2 aromatic carbocycles. The highest BCUT2D eigenvalue weighted by Gasteiger charge is 2.41. The molecule has 1 aliphatic rings. The molecular formula is C22H24N2O5. The van der Waals surface area contributed by atoms with Crippen molar-refractivity contribution in [2.45, 2.75) is 6.54 Å². The Kier molecular flexibility index (Phi) is 6.19. The molecule has 0 saturated heterocycles. The number of rotatable bonds is 8. The number of hydrogen-bond acceptors (Lipinski definition) is 6. The third kappa shape index (κ3) is 3.95. The number of aliphatic hydroxyl groups excluding tert-OH is 1. The van der Waals surface area contributed by atoms with Crippen molar-refractivity contribution < 1.29 is 24.2 Å².